The van der Waals surface area contributed by atoms with Crippen LogP contribution >= 0.6 is 0 Å². The highest BCUT2D eigenvalue weighted by Gasteiger charge is 2.04. The average Bonchev–Trinajstić information content (AvgIpc) is 2.46. The minimum Gasteiger partial charge on any atom is -0.490 e. The Morgan fingerprint density at radius 3 is 2.79 bits per heavy atom. The van der Waals surface area contributed by atoms with E-state index < -0.39 is 0 Å². The summed E-state index contributed by atoms with van der Waals surface area (Å²) in [5.41, 5.74) is 0.809. The van der Waals surface area contributed by atoms with Gasteiger partial charge in [0.15, 0.2) is 0 Å². The van der Waals surface area contributed by atoms with Crippen LogP contribution in [0.3, 0.4) is 0 Å². The molecule has 0 unspecified atom stereocenters. The second kappa shape index (κ2) is 9.09. The van der Waals surface area contributed by atoms with E-state index in [1.165, 1.54) is 6.07 Å². The van der Waals surface area contributed by atoms with Gasteiger partial charge in [-0.25, -0.2) is 0 Å². The summed E-state index contributed by atoms with van der Waals surface area (Å²) in [6.45, 7) is 2.10. The number of nitriles is 1. The smallest absolute Gasteiger partial charge is 0.150 e. The molecule has 0 spiro atoms. The Bertz CT molecular complexity index is 440. The van der Waals surface area contributed by atoms with Crippen LogP contribution in [0.5, 0.6) is 5.75 Å². The zero-order chi connectivity index (χ0) is 13.9. The molecule has 0 fully saturated rings. The van der Waals surface area contributed by atoms with E-state index in [1.54, 1.807) is 19.2 Å². The Morgan fingerprint density at radius 2 is 2.11 bits per heavy atom. The maximum atomic E-state index is 10.6. The first-order chi connectivity index (χ1) is 9.31. The van der Waals surface area contributed by atoms with Crippen LogP contribution in [0.15, 0.2) is 18.2 Å². The van der Waals surface area contributed by atoms with E-state index in [4.69, 9.17) is 19.5 Å². The molecular formula is C14H17NO4. The lowest BCUT2D eigenvalue weighted by atomic mass is 10.1. The lowest BCUT2D eigenvalue weighted by Gasteiger charge is -2.08. The molecule has 102 valence electrons. The summed E-state index contributed by atoms with van der Waals surface area (Å²) in [5.74, 6) is 0.466. The summed E-state index contributed by atoms with van der Waals surface area (Å²) >= 11 is 0. The van der Waals surface area contributed by atoms with Gasteiger partial charge in [-0.15, -0.1) is 0 Å². The van der Waals surface area contributed by atoms with E-state index in [-0.39, 0.29) is 0 Å². The van der Waals surface area contributed by atoms with Gasteiger partial charge < -0.3 is 14.2 Å². The number of nitrogens with zero attached hydrogens (tertiary/aromatic N) is 1. The molecule has 0 saturated carbocycles. The lowest BCUT2D eigenvalue weighted by Crippen LogP contribution is -2.09. The first-order valence-electron chi connectivity index (χ1n) is 6.00. The van der Waals surface area contributed by atoms with Crippen molar-refractivity contribution in [1.29, 1.82) is 5.26 Å². The van der Waals surface area contributed by atoms with E-state index in [9.17, 15) is 4.79 Å². The molecule has 0 atom stereocenters. The number of aldehydes is 1. The van der Waals surface area contributed by atoms with Crippen LogP contribution in [0.25, 0.3) is 0 Å². The molecule has 0 saturated heterocycles. The minimum atomic E-state index is 0.351. The molecule has 1 aromatic rings. The number of carbonyl (C=O) groups excluding carboxylic acids is 1. The molecule has 5 nitrogen and oxygen atoms in total. The number of benzene rings is 1. The van der Waals surface area contributed by atoms with Crippen LogP contribution < -0.4 is 4.74 Å². The van der Waals surface area contributed by atoms with E-state index in [0.29, 0.717) is 49.6 Å². The standard InChI is InChI=1S/C14H17NO4/c1-17-5-2-6-18-7-8-19-14-4-3-12(11-16)9-13(14)10-15/h3-4,9,11H,2,5-8H2,1H3. The largest absolute Gasteiger partial charge is 0.490 e. The Balaban J connectivity index is 2.33. The summed E-state index contributed by atoms with van der Waals surface area (Å²) < 4.78 is 15.7. The monoisotopic (exact) mass is 263 g/mol. The van der Waals surface area contributed by atoms with Gasteiger partial charge >= 0.3 is 0 Å². The highest BCUT2D eigenvalue weighted by atomic mass is 16.5. The Morgan fingerprint density at radius 1 is 1.26 bits per heavy atom. The maximum absolute atomic E-state index is 10.6. The second-order valence-corrected chi connectivity index (χ2v) is 3.79. The Kier molecular flexibility index (Phi) is 7.25. The maximum Gasteiger partial charge on any atom is 0.150 e. The predicted octanol–water partition coefficient (Wildman–Crippen LogP) is 1.80. The van der Waals surface area contributed by atoms with Crippen molar-refractivity contribution < 1.29 is 19.0 Å². The molecule has 0 aliphatic heterocycles. The number of rotatable bonds is 9. The summed E-state index contributed by atoms with van der Waals surface area (Å²) in [6, 6.07) is 6.73. The molecule has 0 aliphatic carbocycles. The summed E-state index contributed by atoms with van der Waals surface area (Å²) in [7, 11) is 1.65. The Hall–Kier alpha value is -1.90. The van der Waals surface area contributed by atoms with Crippen molar-refractivity contribution >= 4 is 6.29 Å². The SMILES string of the molecule is COCCCOCCOc1ccc(C=O)cc1C#N. The van der Waals surface area contributed by atoms with Crippen molar-refractivity contribution in [3.05, 3.63) is 29.3 Å². The van der Waals surface area contributed by atoms with Crippen LogP contribution in [0.1, 0.15) is 22.3 Å². The van der Waals surface area contributed by atoms with Gasteiger partial charge in [0.25, 0.3) is 0 Å². The molecule has 19 heavy (non-hydrogen) atoms. The zero-order valence-corrected chi connectivity index (χ0v) is 10.9. The number of hydrogen-bond acceptors (Lipinski definition) is 5. The van der Waals surface area contributed by atoms with Gasteiger partial charge in [0.05, 0.1) is 12.2 Å². The van der Waals surface area contributed by atoms with Crippen LogP contribution in [0.4, 0.5) is 0 Å². The molecule has 0 heterocycles. The number of ether oxygens (including phenoxy) is 3. The third kappa shape index (κ3) is 5.51. The topological polar surface area (TPSA) is 68.6 Å². The molecule has 0 aromatic heterocycles. The summed E-state index contributed by atoms with van der Waals surface area (Å²) in [6.07, 6.45) is 1.54. The van der Waals surface area contributed by atoms with Crippen molar-refractivity contribution in [2.24, 2.45) is 0 Å². The van der Waals surface area contributed by atoms with Gasteiger partial charge in [-0.2, -0.15) is 5.26 Å². The van der Waals surface area contributed by atoms with Gasteiger partial charge in [-0.3, -0.25) is 4.79 Å². The molecular weight excluding hydrogens is 246 g/mol. The van der Waals surface area contributed by atoms with Crippen molar-refractivity contribution in [2.45, 2.75) is 6.42 Å². The lowest BCUT2D eigenvalue weighted by molar-refractivity contribution is 0.0806. The first kappa shape index (κ1) is 15.2. The van der Waals surface area contributed by atoms with Crippen molar-refractivity contribution in [3.63, 3.8) is 0 Å². The molecule has 1 rings (SSSR count). The number of methoxy groups -OCH3 is 1. The highest BCUT2D eigenvalue weighted by molar-refractivity contribution is 5.76. The third-order valence-electron chi connectivity index (χ3n) is 2.38. The predicted molar refractivity (Wildman–Crippen MR) is 69.4 cm³/mol. The normalized spacial score (nSPS) is 9.89. The van der Waals surface area contributed by atoms with Crippen LogP contribution in [0, 0.1) is 11.3 Å². The van der Waals surface area contributed by atoms with Crippen LogP contribution in [0.2, 0.25) is 0 Å². The second-order valence-electron chi connectivity index (χ2n) is 3.79. The average molecular weight is 263 g/mol. The van der Waals surface area contributed by atoms with Crippen LogP contribution in [-0.4, -0.2) is 39.8 Å². The fraction of sp³-hybridized carbons (Fsp3) is 0.429. The van der Waals surface area contributed by atoms with Crippen molar-refractivity contribution in [3.8, 4) is 11.8 Å². The quantitative estimate of drug-likeness (QED) is 0.502. The highest BCUT2D eigenvalue weighted by Crippen LogP contribution is 2.18. The third-order valence-corrected chi connectivity index (χ3v) is 2.38. The van der Waals surface area contributed by atoms with Gasteiger partial charge in [0.2, 0.25) is 0 Å². The number of carbonyl (C=O) groups is 1. The van der Waals surface area contributed by atoms with E-state index in [1.807, 2.05) is 6.07 Å². The molecule has 0 aliphatic rings. The van der Waals surface area contributed by atoms with Crippen molar-refractivity contribution in [1.82, 2.24) is 0 Å². The number of hydrogen-bond donors (Lipinski definition) is 0. The fourth-order valence-electron chi connectivity index (χ4n) is 1.45. The van der Waals surface area contributed by atoms with Gasteiger partial charge in [-0.05, 0) is 24.6 Å². The molecule has 5 heteroatoms. The van der Waals surface area contributed by atoms with Gasteiger partial charge in [0, 0.05) is 25.9 Å². The Labute approximate surface area is 112 Å². The van der Waals surface area contributed by atoms with Gasteiger partial charge in [-0.1, -0.05) is 0 Å². The molecule has 1 aromatic carbocycles. The molecule has 0 radical (unpaired) electrons. The molecule has 0 amide bonds. The first-order valence-corrected chi connectivity index (χ1v) is 6.00. The van der Waals surface area contributed by atoms with Crippen LogP contribution in [-0.2, 0) is 9.47 Å². The van der Waals surface area contributed by atoms with E-state index in [0.717, 1.165) is 6.42 Å². The minimum absolute atomic E-state index is 0.351. The summed E-state index contributed by atoms with van der Waals surface area (Å²) in [4.78, 5) is 10.6. The van der Waals surface area contributed by atoms with E-state index in [2.05, 4.69) is 0 Å². The molecule has 0 N–H and O–H groups in total. The van der Waals surface area contributed by atoms with Gasteiger partial charge in [0.1, 0.15) is 24.7 Å². The molecule has 0 bridgehead atoms. The summed E-state index contributed by atoms with van der Waals surface area (Å²) in [5, 5.41) is 8.95. The zero-order valence-electron chi connectivity index (χ0n) is 10.9. The van der Waals surface area contributed by atoms with Crippen molar-refractivity contribution in [2.75, 3.05) is 33.5 Å². The van der Waals surface area contributed by atoms with E-state index >= 15 is 0 Å². The fourth-order valence-corrected chi connectivity index (χ4v) is 1.45.